The first-order valence-corrected chi connectivity index (χ1v) is 11.1. The van der Waals surface area contributed by atoms with Crippen LogP contribution in [0.1, 0.15) is 15.9 Å². The molecule has 0 aromatic heterocycles. The molecule has 1 amide bonds. The number of hydrogen-bond donors (Lipinski definition) is 1. The highest BCUT2D eigenvalue weighted by atomic mass is 32.2. The van der Waals surface area contributed by atoms with E-state index in [1.54, 1.807) is 12.1 Å². The molecule has 0 unspecified atom stereocenters. The lowest BCUT2D eigenvalue weighted by Gasteiger charge is -2.35. The van der Waals surface area contributed by atoms with Gasteiger partial charge in [-0.2, -0.15) is 0 Å². The number of anilines is 1. The normalized spacial score (nSPS) is 15.5. The second-order valence-corrected chi connectivity index (χ2v) is 9.57. The van der Waals surface area contributed by atoms with E-state index >= 15 is 0 Å². The Bertz CT molecular complexity index is 967. The predicted octanol–water partition coefficient (Wildman–Crippen LogP) is 1.62. The maximum Gasteiger partial charge on any atom is 0.251 e. The average Bonchev–Trinajstić information content (AvgIpc) is 2.73. The quantitative estimate of drug-likeness (QED) is 0.775. The number of nitrogens with one attached hydrogen (secondary N) is 1. The predicted molar refractivity (Wildman–Crippen MR) is 115 cm³/mol. The van der Waals surface area contributed by atoms with Crippen LogP contribution in [0.15, 0.2) is 53.4 Å². The van der Waals surface area contributed by atoms with Gasteiger partial charge in [0.2, 0.25) is 10.0 Å². The minimum absolute atomic E-state index is 0.105. The molecule has 0 radical (unpaired) electrons. The van der Waals surface area contributed by atoms with E-state index in [-0.39, 0.29) is 10.8 Å². The van der Waals surface area contributed by atoms with Gasteiger partial charge in [-0.25, -0.2) is 12.7 Å². The third-order valence-electron chi connectivity index (χ3n) is 5.15. The number of sulfonamides is 1. The smallest absolute Gasteiger partial charge is 0.251 e. The highest BCUT2D eigenvalue weighted by Gasteiger charge is 2.20. The molecule has 3 rings (SSSR count). The molecule has 1 aliphatic heterocycles. The summed E-state index contributed by atoms with van der Waals surface area (Å²) in [4.78, 5) is 17.4. The highest BCUT2D eigenvalue weighted by molar-refractivity contribution is 7.89. The highest BCUT2D eigenvalue weighted by Crippen LogP contribution is 2.22. The summed E-state index contributed by atoms with van der Waals surface area (Å²) in [5.41, 5.74) is 2.50. The summed E-state index contributed by atoms with van der Waals surface area (Å²) in [7, 11) is 1.48. The number of carbonyl (C=O) groups excluding carboxylic acids is 1. The first-order valence-electron chi connectivity index (χ1n) is 9.61. The minimum atomic E-state index is -3.58. The standard InChI is InChI=1S/C21H28N4O3S/c1-23(2)29(27,28)19-9-6-8-17(15-19)21(26)22-16-18-7-4-5-10-20(18)25-13-11-24(3)12-14-25/h4-10,15H,11-14,16H2,1-3H3,(H,22,26). The summed E-state index contributed by atoms with van der Waals surface area (Å²) in [5, 5.41) is 2.93. The number of para-hydroxylation sites is 1. The molecule has 1 saturated heterocycles. The number of carbonyl (C=O) groups is 1. The third kappa shape index (κ3) is 4.95. The molecule has 0 atom stereocenters. The van der Waals surface area contributed by atoms with Crippen molar-refractivity contribution in [2.45, 2.75) is 11.4 Å². The largest absolute Gasteiger partial charge is 0.369 e. The van der Waals surface area contributed by atoms with E-state index in [2.05, 4.69) is 28.2 Å². The molecule has 2 aromatic carbocycles. The van der Waals surface area contributed by atoms with Gasteiger partial charge in [-0.1, -0.05) is 24.3 Å². The van der Waals surface area contributed by atoms with E-state index in [1.165, 1.54) is 26.2 Å². The fourth-order valence-corrected chi connectivity index (χ4v) is 4.25. The molecule has 2 aromatic rings. The zero-order chi connectivity index (χ0) is 21.0. The fraction of sp³-hybridized carbons (Fsp3) is 0.381. The number of likely N-dealkylation sites (N-methyl/N-ethyl adjacent to an activating group) is 1. The van der Waals surface area contributed by atoms with Crippen molar-refractivity contribution in [2.75, 3.05) is 52.2 Å². The van der Waals surface area contributed by atoms with Crippen molar-refractivity contribution in [1.29, 1.82) is 0 Å². The molecule has 29 heavy (non-hydrogen) atoms. The summed E-state index contributed by atoms with van der Waals surface area (Å²) in [6.45, 7) is 4.30. The average molecular weight is 417 g/mol. The monoisotopic (exact) mass is 416 g/mol. The van der Waals surface area contributed by atoms with Crippen molar-refractivity contribution in [2.24, 2.45) is 0 Å². The van der Waals surface area contributed by atoms with Crippen LogP contribution in [0.4, 0.5) is 5.69 Å². The molecule has 7 nitrogen and oxygen atoms in total. The lowest BCUT2D eigenvalue weighted by atomic mass is 10.1. The molecule has 0 saturated carbocycles. The van der Waals surface area contributed by atoms with E-state index in [1.807, 2.05) is 18.2 Å². The number of piperazine rings is 1. The molecule has 0 aliphatic carbocycles. The van der Waals surface area contributed by atoms with Crippen LogP contribution < -0.4 is 10.2 Å². The van der Waals surface area contributed by atoms with Crippen LogP contribution in [-0.2, 0) is 16.6 Å². The number of amides is 1. The van der Waals surface area contributed by atoms with E-state index in [0.29, 0.717) is 12.1 Å². The van der Waals surface area contributed by atoms with Crippen LogP contribution in [0.5, 0.6) is 0 Å². The van der Waals surface area contributed by atoms with E-state index in [4.69, 9.17) is 0 Å². The van der Waals surface area contributed by atoms with Crippen molar-refractivity contribution in [1.82, 2.24) is 14.5 Å². The lowest BCUT2D eigenvalue weighted by molar-refractivity contribution is 0.0950. The Balaban J connectivity index is 1.72. The Morgan fingerprint density at radius 3 is 2.41 bits per heavy atom. The van der Waals surface area contributed by atoms with Crippen molar-refractivity contribution in [3.8, 4) is 0 Å². The van der Waals surface area contributed by atoms with Gasteiger partial charge in [-0.05, 0) is 36.9 Å². The molecule has 8 heteroatoms. The Kier molecular flexibility index (Phi) is 6.56. The molecule has 0 bridgehead atoms. The maximum absolute atomic E-state index is 12.7. The van der Waals surface area contributed by atoms with Gasteiger partial charge < -0.3 is 15.1 Å². The SMILES string of the molecule is CN1CCN(c2ccccc2CNC(=O)c2cccc(S(=O)(=O)N(C)C)c2)CC1. The van der Waals surface area contributed by atoms with Crippen LogP contribution in [0.3, 0.4) is 0 Å². The zero-order valence-electron chi connectivity index (χ0n) is 17.1. The number of hydrogen-bond acceptors (Lipinski definition) is 5. The fourth-order valence-electron chi connectivity index (χ4n) is 3.30. The first-order chi connectivity index (χ1) is 13.8. The van der Waals surface area contributed by atoms with Gasteiger partial charge in [-0.15, -0.1) is 0 Å². The van der Waals surface area contributed by atoms with Crippen molar-refractivity contribution < 1.29 is 13.2 Å². The zero-order valence-corrected chi connectivity index (χ0v) is 17.9. The third-order valence-corrected chi connectivity index (χ3v) is 6.96. The molecular formula is C21H28N4O3S. The van der Waals surface area contributed by atoms with Crippen LogP contribution in [-0.4, -0.2) is 70.9 Å². The molecule has 1 heterocycles. The molecule has 0 spiro atoms. The van der Waals surface area contributed by atoms with Crippen LogP contribution in [0.25, 0.3) is 0 Å². The summed E-state index contributed by atoms with van der Waals surface area (Å²) < 4.78 is 25.8. The molecule has 156 valence electrons. The van der Waals surface area contributed by atoms with Crippen molar-refractivity contribution in [3.05, 3.63) is 59.7 Å². The van der Waals surface area contributed by atoms with E-state index < -0.39 is 10.0 Å². The summed E-state index contributed by atoms with van der Waals surface area (Å²) >= 11 is 0. The van der Waals surface area contributed by atoms with E-state index in [0.717, 1.165) is 41.7 Å². The van der Waals surface area contributed by atoms with Gasteiger partial charge in [0.05, 0.1) is 4.90 Å². The molecular weight excluding hydrogens is 388 g/mol. The second kappa shape index (κ2) is 8.94. The molecule has 1 aliphatic rings. The molecule has 1 N–H and O–H groups in total. The Hall–Kier alpha value is -2.42. The van der Waals surface area contributed by atoms with Gasteiger partial charge in [0, 0.05) is 58.1 Å². The van der Waals surface area contributed by atoms with Gasteiger partial charge in [-0.3, -0.25) is 4.79 Å². The Morgan fingerprint density at radius 1 is 1.03 bits per heavy atom. The van der Waals surface area contributed by atoms with Gasteiger partial charge in [0.15, 0.2) is 0 Å². The van der Waals surface area contributed by atoms with Crippen LogP contribution >= 0.6 is 0 Å². The van der Waals surface area contributed by atoms with Crippen molar-refractivity contribution >= 4 is 21.6 Å². The lowest BCUT2D eigenvalue weighted by Crippen LogP contribution is -2.45. The molecule has 1 fully saturated rings. The topological polar surface area (TPSA) is 73.0 Å². The summed E-state index contributed by atoms with van der Waals surface area (Å²) in [6, 6.07) is 14.2. The maximum atomic E-state index is 12.7. The van der Waals surface area contributed by atoms with Gasteiger partial charge in [0.25, 0.3) is 5.91 Å². The van der Waals surface area contributed by atoms with E-state index in [9.17, 15) is 13.2 Å². The minimum Gasteiger partial charge on any atom is -0.369 e. The number of benzene rings is 2. The second-order valence-electron chi connectivity index (χ2n) is 7.42. The number of nitrogens with zero attached hydrogens (tertiary/aromatic N) is 3. The van der Waals surface area contributed by atoms with Crippen LogP contribution in [0.2, 0.25) is 0 Å². The van der Waals surface area contributed by atoms with Crippen molar-refractivity contribution in [3.63, 3.8) is 0 Å². The first kappa shape index (κ1) is 21.3. The number of rotatable bonds is 6. The van der Waals surface area contributed by atoms with Gasteiger partial charge >= 0.3 is 0 Å². The summed E-state index contributed by atoms with van der Waals surface area (Å²) in [5.74, 6) is -0.297. The van der Waals surface area contributed by atoms with Crippen LogP contribution in [0, 0.1) is 0 Å². The summed E-state index contributed by atoms with van der Waals surface area (Å²) in [6.07, 6.45) is 0. The Morgan fingerprint density at radius 2 is 1.72 bits per heavy atom. The Labute approximate surface area is 173 Å². The van der Waals surface area contributed by atoms with Gasteiger partial charge in [0.1, 0.15) is 0 Å².